The van der Waals surface area contributed by atoms with Gasteiger partial charge in [0.15, 0.2) is 0 Å². The van der Waals surface area contributed by atoms with Crippen LogP contribution in [0.1, 0.15) is 36.3 Å². The van der Waals surface area contributed by atoms with Crippen LogP contribution >= 0.6 is 11.6 Å². The molecule has 0 spiro atoms. The van der Waals surface area contributed by atoms with Gasteiger partial charge in [0.1, 0.15) is 11.0 Å². The van der Waals surface area contributed by atoms with E-state index in [0.717, 1.165) is 24.2 Å². The summed E-state index contributed by atoms with van der Waals surface area (Å²) in [7, 11) is 1.80. The normalized spacial score (nSPS) is 12.6. The Labute approximate surface area is 129 Å². The zero-order valence-corrected chi connectivity index (χ0v) is 13.3. The van der Waals surface area contributed by atoms with Gasteiger partial charge in [0.25, 0.3) is 0 Å². The summed E-state index contributed by atoms with van der Waals surface area (Å²) >= 11 is 6.28. The van der Waals surface area contributed by atoms with Crippen molar-refractivity contribution in [3.63, 3.8) is 0 Å². The lowest BCUT2D eigenvalue weighted by atomic mass is 10.0. The molecule has 1 atom stereocenters. The number of hydrogen-bond acceptors (Lipinski definition) is 3. The van der Waals surface area contributed by atoms with Gasteiger partial charge >= 0.3 is 0 Å². The van der Waals surface area contributed by atoms with E-state index in [9.17, 15) is 4.39 Å². The Morgan fingerprint density at radius 3 is 2.81 bits per heavy atom. The molecule has 0 fully saturated rings. The second-order valence-electron chi connectivity index (χ2n) is 5.06. The van der Waals surface area contributed by atoms with Gasteiger partial charge in [0, 0.05) is 18.8 Å². The predicted molar refractivity (Wildman–Crippen MR) is 81.9 cm³/mol. The maximum absolute atomic E-state index is 14.0. The van der Waals surface area contributed by atoms with Crippen molar-refractivity contribution in [2.75, 3.05) is 6.54 Å². The average Bonchev–Trinajstić information content (AvgIpc) is 2.70. The van der Waals surface area contributed by atoms with Crippen molar-refractivity contribution in [1.82, 2.24) is 20.1 Å². The number of rotatable bonds is 6. The lowest BCUT2D eigenvalue weighted by molar-refractivity contribution is 0.482. The minimum Gasteiger partial charge on any atom is -0.308 e. The topological polar surface area (TPSA) is 42.7 Å². The van der Waals surface area contributed by atoms with Crippen molar-refractivity contribution in [2.45, 2.75) is 32.7 Å². The first-order chi connectivity index (χ1) is 10.0. The van der Waals surface area contributed by atoms with Crippen LogP contribution in [0, 0.1) is 12.7 Å². The molecule has 2 aromatic heterocycles. The maximum atomic E-state index is 14.0. The van der Waals surface area contributed by atoms with Crippen molar-refractivity contribution in [2.24, 2.45) is 7.05 Å². The van der Waals surface area contributed by atoms with Gasteiger partial charge in [-0.1, -0.05) is 18.5 Å². The predicted octanol–water partition coefficient (Wildman–Crippen LogP) is 3.20. The van der Waals surface area contributed by atoms with E-state index in [1.54, 1.807) is 24.0 Å². The van der Waals surface area contributed by atoms with E-state index in [1.165, 1.54) is 6.07 Å². The molecule has 0 aliphatic heterocycles. The van der Waals surface area contributed by atoms with E-state index in [2.05, 4.69) is 22.3 Å². The van der Waals surface area contributed by atoms with Gasteiger partial charge in [0.2, 0.25) is 0 Å². The zero-order chi connectivity index (χ0) is 15.4. The average molecular weight is 311 g/mol. The second kappa shape index (κ2) is 7.00. The molecule has 2 rings (SSSR count). The maximum Gasteiger partial charge on any atom is 0.146 e. The fourth-order valence-electron chi connectivity index (χ4n) is 2.35. The number of nitrogens with one attached hydrogen (secondary N) is 1. The number of nitrogens with zero attached hydrogens (tertiary/aromatic N) is 3. The van der Waals surface area contributed by atoms with Gasteiger partial charge in [-0.15, -0.1) is 0 Å². The first-order valence-electron chi connectivity index (χ1n) is 7.06. The summed E-state index contributed by atoms with van der Waals surface area (Å²) in [5.41, 5.74) is 2.21. The van der Waals surface area contributed by atoms with Gasteiger partial charge in [-0.2, -0.15) is 5.10 Å². The highest BCUT2D eigenvalue weighted by atomic mass is 35.5. The molecule has 21 heavy (non-hydrogen) atoms. The van der Waals surface area contributed by atoms with Gasteiger partial charge in [-0.25, -0.2) is 4.39 Å². The highest BCUT2D eigenvalue weighted by molar-refractivity contribution is 6.30. The number of aromatic nitrogens is 3. The molecule has 114 valence electrons. The quantitative estimate of drug-likeness (QED) is 0.891. The van der Waals surface area contributed by atoms with Gasteiger partial charge < -0.3 is 5.32 Å². The van der Waals surface area contributed by atoms with Crippen LogP contribution in [0.4, 0.5) is 4.39 Å². The van der Waals surface area contributed by atoms with Crippen LogP contribution < -0.4 is 5.32 Å². The molecule has 0 saturated heterocycles. The molecule has 0 aliphatic carbocycles. The van der Waals surface area contributed by atoms with Crippen molar-refractivity contribution in [3.05, 3.63) is 46.3 Å². The van der Waals surface area contributed by atoms with Crippen LogP contribution in [0.5, 0.6) is 0 Å². The molecule has 1 N–H and O–H groups in total. The highest BCUT2D eigenvalue weighted by Crippen LogP contribution is 2.26. The molecule has 0 saturated carbocycles. The minimum absolute atomic E-state index is 0.216. The molecule has 0 bridgehead atoms. The molecule has 2 aromatic rings. The molecule has 0 aliphatic rings. The molecular weight excluding hydrogens is 291 g/mol. The van der Waals surface area contributed by atoms with E-state index in [1.807, 2.05) is 6.92 Å². The number of hydrogen-bond donors (Lipinski definition) is 1. The number of aryl methyl sites for hydroxylation is 2. The molecule has 0 radical (unpaired) electrons. The summed E-state index contributed by atoms with van der Waals surface area (Å²) in [6, 6.07) is 2.81. The molecule has 6 heteroatoms. The third kappa shape index (κ3) is 3.60. The van der Waals surface area contributed by atoms with Crippen molar-refractivity contribution in [3.8, 4) is 0 Å². The standard InChI is InChI=1S/C15H20ClFN4/c1-4-7-18-13(14-12(17)6-5-8-19-14)9-11-10(2)20-21(3)15(11)16/h5-6,8,13,18H,4,7,9H2,1-3H3. The summed E-state index contributed by atoms with van der Waals surface area (Å²) in [5.74, 6) is -0.302. The summed E-state index contributed by atoms with van der Waals surface area (Å²) in [6.07, 6.45) is 3.13. The zero-order valence-electron chi connectivity index (χ0n) is 12.5. The monoisotopic (exact) mass is 310 g/mol. The molecule has 0 aromatic carbocycles. The summed E-state index contributed by atoms with van der Waals surface area (Å²) in [6.45, 7) is 4.77. The van der Waals surface area contributed by atoms with E-state index < -0.39 is 0 Å². The first kappa shape index (κ1) is 15.9. The Balaban J connectivity index is 2.31. The van der Waals surface area contributed by atoms with Gasteiger partial charge in [0.05, 0.1) is 17.4 Å². The molecule has 0 amide bonds. The van der Waals surface area contributed by atoms with Crippen LogP contribution in [0.3, 0.4) is 0 Å². The second-order valence-corrected chi connectivity index (χ2v) is 5.42. The Bertz CT molecular complexity index is 612. The lowest BCUT2D eigenvalue weighted by Gasteiger charge is -2.18. The molecular formula is C15H20ClFN4. The Kier molecular flexibility index (Phi) is 5.31. The third-order valence-corrected chi connectivity index (χ3v) is 3.91. The van der Waals surface area contributed by atoms with Gasteiger partial charge in [-0.05, 0) is 38.4 Å². The molecule has 2 heterocycles. The number of pyridine rings is 1. The van der Waals surface area contributed by atoms with Crippen molar-refractivity contribution < 1.29 is 4.39 Å². The summed E-state index contributed by atoms with van der Waals surface area (Å²) in [4.78, 5) is 4.19. The molecule has 1 unspecified atom stereocenters. The lowest BCUT2D eigenvalue weighted by Crippen LogP contribution is -2.26. The van der Waals surface area contributed by atoms with Crippen molar-refractivity contribution in [1.29, 1.82) is 0 Å². The van der Waals surface area contributed by atoms with Crippen LogP contribution in [0.25, 0.3) is 0 Å². The van der Waals surface area contributed by atoms with E-state index in [-0.39, 0.29) is 11.9 Å². The van der Waals surface area contributed by atoms with Crippen molar-refractivity contribution >= 4 is 11.6 Å². The molecule has 4 nitrogen and oxygen atoms in total. The third-order valence-electron chi connectivity index (χ3n) is 3.44. The largest absolute Gasteiger partial charge is 0.308 e. The van der Waals surface area contributed by atoms with Crippen LogP contribution in [0.15, 0.2) is 18.3 Å². The fraction of sp³-hybridized carbons (Fsp3) is 0.467. The fourth-order valence-corrected chi connectivity index (χ4v) is 2.60. The van der Waals surface area contributed by atoms with Crippen LogP contribution in [0.2, 0.25) is 5.15 Å². The summed E-state index contributed by atoms with van der Waals surface area (Å²) < 4.78 is 15.7. The Morgan fingerprint density at radius 2 is 2.24 bits per heavy atom. The van der Waals surface area contributed by atoms with E-state index in [0.29, 0.717) is 17.3 Å². The van der Waals surface area contributed by atoms with E-state index in [4.69, 9.17) is 11.6 Å². The first-order valence-corrected chi connectivity index (χ1v) is 7.44. The SMILES string of the molecule is CCCNC(Cc1c(C)nn(C)c1Cl)c1ncccc1F. The van der Waals surface area contributed by atoms with Crippen LogP contribution in [-0.2, 0) is 13.5 Å². The highest BCUT2D eigenvalue weighted by Gasteiger charge is 2.21. The van der Waals surface area contributed by atoms with Gasteiger partial charge in [-0.3, -0.25) is 9.67 Å². The van der Waals surface area contributed by atoms with E-state index >= 15 is 0 Å². The number of halogens is 2. The Morgan fingerprint density at radius 1 is 1.48 bits per heavy atom. The van der Waals surface area contributed by atoms with Crippen LogP contribution in [-0.4, -0.2) is 21.3 Å². The summed E-state index contributed by atoms with van der Waals surface area (Å²) in [5, 5.41) is 8.23. The smallest absolute Gasteiger partial charge is 0.146 e. The minimum atomic E-state index is -0.302. The Hall–Kier alpha value is -1.46.